The molecule has 0 bridgehead atoms. The molecule has 1 amide bonds. The van der Waals surface area contributed by atoms with E-state index in [0.29, 0.717) is 36.3 Å². The maximum absolute atomic E-state index is 13.0. The number of carbonyl (C=O) groups excluding carboxylic acids is 1. The molecule has 2 aromatic rings. The molecule has 2 saturated heterocycles. The lowest BCUT2D eigenvalue weighted by Crippen LogP contribution is -2.41. The summed E-state index contributed by atoms with van der Waals surface area (Å²) < 4.78 is 18.8. The van der Waals surface area contributed by atoms with Gasteiger partial charge in [0.25, 0.3) is 5.91 Å². The SMILES string of the molecule is C[C@@H]1CCCN(c2ncc(C(=O)N3CCC[C@H](COc4ccc(F)cc4)C3)cn2)C1. The number of rotatable bonds is 5. The van der Waals surface area contributed by atoms with E-state index in [4.69, 9.17) is 4.74 Å². The van der Waals surface area contributed by atoms with Crippen LogP contribution >= 0.6 is 0 Å². The van der Waals surface area contributed by atoms with Crippen LogP contribution in [0.5, 0.6) is 5.75 Å². The molecular formula is C23H29FN4O2. The molecule has 2 aliphatic rings. The van der Waals surface area contributed by atoms with Gasteiger partial charge in [-0.15, -0.1) is 0 Å². The number of anilines is 1. The molecule has 4 rings (SSSR count). The number of hydrogen-bond acceptors (Lipinski definition) is 5. The fourth-order valence-corrected chi connectivity index (χ4v) is 4.28. The molecule has 7 heteroatoms. The Morgan fingerprint density at radius 1 is 1.10 bits per heavy atom. The first-order chi connectivity index (χ1) is 14.6. The number of amides is 1. The van der Waals surface area contributed by atoms with Crippen LogP contribution in [0.25, 0.3) is 0 Å². The Bertz CT molecular complexity index is 843. The lowest BCUT2D eigenvalue weighted by Gasteiger charge is -2.33. The van der Waals surface area contributed by atoms with Crippen LogP contribution in [0.4, 0.5) is 10.3 Å². The van der Waals surface area contributed by atoms with Gasteiger partial charge in [0.15, 0.2) is 0 Å². The Kier molecular flexibility index (Phi) is 6.45. The van der Waals surface area contributed by atoms with Gasteiger partial charge in [-0.05, 0) is 55.9 Å². The molecule has 160 valence electrons. The highest BCUT2D eigenvalue weighted by Gasteiger charge is 2.26. The summed E-state index contributed by atoms with van der Waals surface area (Å²) in [4.78, 5) is 25.9. The number of aromatic nitrogens is 2. The highest BCUT2D eigenvalue weighted by molar-refractivity contribution is 5.93. The number of likely N-dealkylation sites (tertiary alicyclic amines) is 1. The second kappa shape index (κ2) is 9.41. The third-order valence-corrected chi connectivity index (χ3v) is 5.93. The number of benzene rings is 1. The van der Waals surface area contributed by atoms with Gasteiger partial charge in [-0.2, -0.15) is 0 Å². The third kappa shape index (κ3) is 5.07. The van der Waals surface area contributed by atoms with Gasteiger partial charge in [-0.1, -0.05) is 6.92 Å². The zero-order valence-corrected chi connectivity index (χ0v) is 17.5. The largest absolute Gasteiger partial charge is 0.493 e. The lowest BCUT2D eigenvalue weighted by atomic mass is 9.98. The van der Waals surface area contributed by atoms with Crippen molar-refractivity contribution in [2.75, 3.05) is 37.7 Å². The van der Waals surface area contributed by atoms with E-state index in [-0.39, 0.29) is 17.6 Å². The Morgan fingerprint density at radius 3 is 2.57 bits per heavy atom. The zero-order chi connectivity index (χ0) is 20.9. The van der Waals surface area contributed by atoms with Gasteiger partial charge >= 0.3 is 0 Å². The Morgan fingerprint density at radius 2 is 1.83 bits per heavy atom. The summed E-state index contributed by atoms with van der Waals surface area (Å²) in [5.74, 6) is 1.95. The first-order valence-corrected chi connectivity index (χ1v) is 10.8. The quantitative estimate of drug-likeness (QED) is 0.748. The smallest absolute Gasteiger partial charge is 0.257 e. The van der Waals surface area contributed by atoms with Crippen molar-refractivity contribution in [1.29, 1.82) is 0 Å². The zero-order valence-electron chi connectivity index (χ0n) is 17.5. The molecule has 6 nitrogen and oxygen atoms in total. The van der Waals surface area contributed by atoms with Gasteiger partial charge < -0.3 is 14.5 Å². The molecule has 2 atom stereocenters. The first-order valence-electron chi connectivity index (χ1n) is 10.8. The third-order valence-electron chi connectivity index (χ3n) is 5.93. The van der Waals surface area contributed by atoms with Crippen LogP contribution in [0.2, 0.25) is 0 Å². The van der Waals surface area contributed by atoms with Crippen molar-refractivity contribution in [1.82, 2.24) is 14.9 Å². The van der Waals surface area contributed by atoms with Crippen LogP contribution in [0.1, 0.15) is 43.0 Å². The average Bonchev–Trinajstić information content (AvgIpc) is 2.78. The summed E-state index contributed by atoms with van der Waals surface area (Å²) in [5.41, 5.74) is 0.531. The van der Waals surface area contributed by atoms with Gasteiger partial charge in [-0.25, -0.2) is 14.4 Å². The van der Waals surface area contributed by atoms with Crippen LogP contribution < -0.4 is 9.64 Å². The van der Waals surface area contributed by atoms with Crippen molar-refractivity contribution >= 4 is 11.9 Å². The van der Waals surface area contributed by atoms with Crippen LogP contribution in [0.3, 0.4) is 0 Å². The van der Waals surface area contributed by atoms with Crippen molar-refractivity contribution in [2.45, 2.75) is 32.6 Å². The topological polar surface area (TPSA) is 58.6 Å². The first kappa shape index (κ1) is 20.6. The Labute approximate surface area is 177 Å². The van der Waals surface area contributed by atoms with Crippen LogP contribution in [-0.4, -0.2) is 53.6 Å². The monoisotopic (exact) mass is 412 g/mol. The molecule has 0 aliphatic carbocycles. The van der Waals surface area contributed by atoms with Gasteiger partial charge in [-0.3, -0.25) is 4.79 Å². The van der Waals surface area contributed by atoms with E-state index in [1.54, 1.807) is 24.5 Å². The summed E-state index contributed by atoms with van der Waals surface area (Å²) in [7, 11) is 0. The minimum atomic E-state index is -0.278. The molecule has 30 heavy (non-hydrogen) atoms. The fraction of sp³-hybridized carbons (Fsp3) is 0.522. The highest BCUT2D eigenvalue weighted by atomic mass is 19.1. The lowest BCUT2D eigenvalue weighted by molar-refractivity contribution is 0.0632. The average molecular weight is 413 g/mol. The summed E-state index contributed by atoms with van der Waals surface area (Å²) in [6.45, 7) is 6.08. The molecule has 1 aromatic heterocycles. The van der Waals surface area contributed by atoms with E-state index < -0.39 is 0 Å². The fourth-order valence-electron chi connectivity index (χ4n) is 4.28. The predicted octanol–water partition coefficient (Wildman–Crippen LogP) is 3.78. The number of hydrogen-bond donors (Lipinski definition) is 0. The van der Waals surface area contributed by atoms with E-state index in [9.17, 15) is 9.18 Å². The van der Waals surface area contributed by atoms with Crippen molar-refractivity contribution in [3.63, 3.8) is 0 Å². The minimum Gasteiger partial charge on any atom is -0.493 e. The number of piperidine rings is 2. The predicted molar refractivity (Wildman–Crippen MR) is 113 cm³/mol. The Balaban J connectivity index is 1.32. The van der Waals surface area contributed by atoms with E-state index >= 15 is 0 Å². The maximum Gasteiger partial charge on any atom is 0.257 e. The van der Waals surface area contributed by atoms with E-state index in [1.165, 1.54) is 18.6 Å². The Hall–Kier alpha value is -2.70. The number of carbonyl (C=O) groups is 1. The van der Waals surface area contributed by atoms with Gasteiger partial charge in [0.2, 0.25) is 5.95 Å². The molecule has 0 saturated carbocycles. The van der Waals surface area contributed by atoms with Crippen molar-refractivity contribution in [2.24, 2.45) is 11.8 Å². The summed E-state index contributed by atoms with van der Waals surface area (Å²) in [6.07, 6.45) is 7.65. The minimum absolute atomic E-state index is 0.0277. The molecule has 0 radical (unpaired) electrons. The standard InChI is InChI=1S/C23H29FN4O2/c1-17-4-2-11-28(14-17)23-25-12-19(13-26-23)22(29)27-10-3-5-18(15-27)16-30-21-8-6-20(24)7-9-21/h6-9,12-13,17-18H,2-5,10-11,14-16H2,1H3/t17-,18+/m1/s1. The maximum atomic E-state index is 13.0. The molecule has 2 aliphatic heterocycles. The van der Waals surface area contributed by atoms with Gasteiger partial charge in [0, 0.05) is 44.5 Å². The summed E-state index contributed by atoms with van der Waals surface area (Å²) in [6, 6.07) is 6.03. The molecule has 0 spiro atoms. The van der Waals surface area contributed by atoms with Gasteiger partial charge in [0.05, 0.1) is 12.2 Å². The second-order valence-electron chi connectivity index (χ2n) is 8.49. The molecule has 0 N–H and O–H groups in total. The molecule has 2 fully saturated rings. The van der Waals surface area contributed by atoms with E-state index in [0.717, 1.165) is 38.9 Å². The van der Waals surface area contributed by atoms with E-state index in [1.807, 2.05) is 4.90 Å². The summed E-state index contributed by atoms with van der Waals surface area (Å²) in [5, 5.41) is 0. The second-order valence-corrected chi connectivity index (χ2v) is 8.49. The molecule has 1 aromatic carbocycles. The normalized spacial score (nSPS) is 22.1. The summed E-state index contributed by atoms with van der Waals surface area (Å²) >= 11 is 0. The van der Waals surface area contributed by atoms with Crippen molar-refractivity contribution in [3.05, 3.63) is 48.0 Å². The number of ether oxygens (including phenoxy) is 1. The van der Waals surface area contributed by atoms with Gasteiger partial charge in [0.1, 0.15) is 11.6 Å². The van der Waals surface area contributed by atoms with Crippen LogP contribution in [0, 0.1) is 17.7 Å². The molecular weight excluding hydrogens is 383 g/mol. The van der Waals surface area contributed by atoms with E-state index in [2.05, 4.69) is 21.8 Å². The highest BCUT2D eigenvalue weighted by Crippen LogP contribution is 2.22. The van der Waals surface area contributed by atoms with Crippen molar-refractivity contribution < 1.29 is 13.9 Å². The molecule has 0 unspecified atom stereocenters. The van der Waals surface area contributed by atoms with Crippen molar-refractivity contribution in [3.8, 4) is 5.75 Å². The number of nitrogens with zero attached hydrogens (tertiary/aromatic N) is 4. The molecule has 3 heterocycles. The number of halogens is 1. The van der Waals surface area contributed by atoms with Crippen LogP contribution in [0.15, 0.2) is 36.7 Å². The van der Waals surface area contributed by atoms with Crippen LogP contribution in [-0.2, 0) is 0 Å².